The van der Waals surface area contributed by atoms with Crippen molar-refractivity contribution in [3.05, 3.63) is 35.2 Å². The van der Waals surface area contributed by atoms with Gasteiger partial charge in [0, 0.05) is 23.8 Å². The van der Waals surface area contributed by atoms with Crippen molar-refractivity contribution in [1.82, 2.24) is 4.90 Å². The van der Waals surface area contributed by atoms with E-state index < -0.39 is 0 Å². The molecule has 2 aromatic rings. The summed E-state index contributed by atoms with van der Waals surface area (Å²) in [5.74, 6) is 0.666. The molecule has 0 amide bonds. The summed E-state index contributed by atoms with van der Waals surface area (Å²) >= 11 is 1.82. The van der Waals surface area contributed by atoms with Crippen LogP contribution < -0.4 is 5.73 Å². The second-order valence-corrected chi connectivity index (χ2v) is 6.33. The Morgan fingerprint density at radius 1 is 1.26 bits per heavy atom. The van der Waals surface area contributed by atoms with Crippen LogP contribution in [0.2, 0.25) is 0 Å². The largest absolute Gasteiger partial charge is 0.329 e. The molecule has 0 aliphatic heterocycles. The van der Waals surface area contributed by atoms with Gasteiger partial charge in [-0.2, -0.15) is 0 Å². The monoisotopic (exact) mass is 276 g/mol. The molecule has 2 rings (SSSR count). The molecule has 0 radical (unpaired) electrons. The second-order valence-electron chi connectivity index (χ2n) is 5.42. The quantitative estimate of drug-likeness (QED) is 0.867. The Kier molecular flexibility index (Phi) is 4.97. The average Bonchev–Trinajstić information content (AvgIpc) is 2.82. The van der Waals surface area contributed by atoms with Crippen molar-refractivity contribution in [2.75, 3.05) is 19.6 Å². The lowest BCUT2D eigenvalue weighted by molar-refractivity contribution is 0.190. The summed E-state index contributed by atoms with van der Waals surface area (Å²) in [4.78, 5) is 2.50. The Morgan fingerprint density at radius 2 is 2.00 bits per heavy atom. The first-order chi connectivity index (χ1) is 9.17. The highest BCUT2D eigenvalue weighted by molar-refractivity contribution is 7.17. The van der Waals surface area contributed by atoms with Crippen LogP contribution in [0.4, 0.5) is 0 Å². The third-order valence-electron chi connectivity index (χ3n) is 3.54. The van der Waals surface area contributed by atoms with Crippen LogP contribution in [-0.4, -0.2) is 24.5 Å². The molecular weight excluding hydrogens is 252 g/mol. The lowest BCUT2D eigenvalue weighted by Crippen LogP contribution is -2.36. The zero-order valence-electron chi connectivity index (χ0n) is 12.1. The van der Waals surface area contributed by atoms with Gasteiger partial charge in [0.1, 0.15) is 0 Å². The summed E-state index contributed by atoms with van der Waals surface area (Å²) in [5.41, 5.74) is 7.46. The van der Waals surface area contributed by atoms with E-state index in [4.69, 9.17) is 5.73 Å². The molecule has 0 saturated carbocycles. The first kappa shape index (κ1) is 14.5. The Bertz CT molecular complexity index is 518. The fourth-order valence-corrected chi connectivity index (χ4v) is 3.68. The smallest absolute Gasteiger partial charge is 0.0484 e. The number of fused-ring (bicyclic) bond motifs is 1. The summed E-state index contributed by atoms with van der Waals surface area (Å²) in [6.45, 7) is 9.58. The molecule has 1 heterocycles. The van der Waals surface area contributed by atoms with E-state index in [0.29, 0.717) is 18.5 Å². The number of nitrogens with two attached hydrogens (primary N) is 1. The van der Waals surface area contributed by atoms with Gasteiger partial charge in [0.25, 0.3) is 0 Å². The molecule has 3 heteroatoms. The van der Waals surface area contributed by atoms with E-state index in [2.05, 4.69) is 55.3 Å². The van der Waals surface area contributed by atoms with Crippen LogP contribution in [0.1, 0.15) is 32.4 Å². The molecule has 0 aliphatic rings. The summed E-state index contributed by atoms with van der Waals surface area (Å²) < 4.78 is 1.36. The summed E-state index contributed by atoms with van der Waals surface area (Å²) in [5, 5.41) is 3.65. The molecule has 1 aromatic carbocycles. The predicted molar refractivity (Wildman–Crippen MR) is 85.7 cm³/mol. The van der Waals surface area contributed by atoms with Gasteiger partial charge in [-0.25, -0.2) is 0 Å². The molecule has 2 nitrogen and oxygen atoms in total. The second kappa shape index (κ2) is 6.51. The highest BCUT2D eigenvalue weighted by Gasteiger charge is 2.21. The number of benzene rings is 1. The number of hydrogen-bond donors (Lipinski definition) is 1. The Morgan fingerprint density at radius 3 is 2.63 bits per heavy atom. The zero-order chi connectivity index (χ0) is 13.8. The van der Waals surface area contributed by atoms with Gasteiger partial charge < -0.3 is 5.73 Å². The normalized spacial score (nSPS) is 13.6. The van der Waals surface area contributed by atoms with Crippen LogP contribution in [0.25, 0.3) is 10.1 Å². The highest BCUT2D eigenvalue weighted by Crippen LogP contribution is 2.32. The lowest BCUT2D eigenvalue weighted by atomic mass is 10.0. The first-order valence-electron chi connectivity index (χ1n) is 7.07. The number of likely N-dealkylation sites (N-methyl/N-ethyl adjacent to an activating group) is 1. The molecule has 2 N–H and O–H groups in total. The maximum atomic E-state index is 6.07. The number of rotatable bonds is 6. The fraction of sp³-hybridized carbons (Fsp3) is 0.500. The SMILES string of the molecule is CCN(CC(C)C)C(CN)c1csc2ccccc12. The molecule has 0 spiro atoms. The molecular formula is C16H24N2S. The predicted octanol–water partition coefficient (Wildman–Crippen LogP) is 3.88. The summed E-state index contributed by atoms with van der Waals surface area (Å²) in [6, 6.07) is 8.96. The Balaban J connectivity index is 2.35. The van der Waals surface area contributed by atoms with Crippen molar-refractivity contribution in [3.8, 4) is 0 Å². The lowest BCUT2D eigenvalue weighted by Gasteiger charge is -2.31. The molecule has 0 fully saturated rings. The minimum absolute atomic E-state index is 0.337. The van der Waals surface area contributed by atoms with E-state index in [1.54, 1.807) is 0 Å². The van der Waals surface area contributed by atoms with E-state index in [1.807, 2.05) is 11.3 Å². The molecule has 1 aromatic heterocycles. The van der Waals surface area contributed by atoms with Gasteiger partial charge in [-0.15, -0.1) is 11.3 Å². The van der Waals surface area contributed by atoms with Crippen molar-refractivity contribution < 1.29 is 0 Å². The van der Waals surface area contributed by atoms with Crippen LogP contribution in [-0.2, 0) is 0 Å². The van der Waals surface area contributed by atoms with Gasteiger partial charge in [-0.1, -0.05) is 39.0 Å². The van der Waals surface area contributed by atoms with E-state index in [-0.39, 0.29) is 0 Å². The standard InChI is InChI=1S/C16H24N2S/c1-4-18(10-12(2)3)15(9-17)14-11-19-16-8-6-5-7-13(14)16/h5-8,11-12,15H,4,9-10,17H2,1-3H3. The van der Waals surface area contributed by atoms with Gasteiger partial charge in [-0.3, -0.25) is 4.90 Å². The molecule has 1 unspecified atom stereocenters. The Labute approximate surface area is 120 Å². The van der Waals surface area contributed by atoms with Crippen molar-refractivity contribution in [2.45, 2.75) is 26.8 Å². The third kappa shape index (κ3) is 3.16. The number of thiophene rings is 1. The minimum atomic E-state index is 0.337. The summed E-state index contributed by atoms with van der Waals surface area (Å²) in [6.07, 6.45) is 0. The van der Waals surface area contributed by atoms with E-state index in [1.165, 1.54) is 15.6 Å². The van der Waals surface area contributed by atoms with E-state index in [9.17, 15) is 0 Å². The van der Waals surface area contributed by atoms with Crippen LogP contribution in [0, 0.1) is 5.92 Å². The van der Waals surface area contributed by atoms with Gasteiger partial charge in [-0.05, 0) is 34.9 Å². The highest BCUT2D eigenvalue weighted by atomic mass is 32.1. The van der Waals surface area contributed by atoms with Gasteiger partial charge in [0.2, 0.25) is 0 Å². The fourth-order valence-electron chi connectivity index (χ4n) is 2.67. The van der Waals surface area contributed by atoms with Crippen LogP contribution in [0.15, 0.2) is 29.6 Å². The van der Waals surface area contributed by atoms with Crippen molar-refractivity contribution in [3.63, 3.8) is 0 Å². The van der Waals surface area contributed by atoms with Crippen molar-refractivity contribution in [2.24, 2.45) is 11.7 Å². The van der Waals surface area contributed by atoms with Crippen molar-refractivity contribution in [1.29, 1.82) is 0 Å². The molecule has 0 aliphatic carbocycles. The first-order valence-corrected chi connectivity index (χ1v) is 7.95. The van der Waals surface area contributed by atoms with Gasteiger partial charge in [0.05, 0.1) is 0 Å². The maximum absolute atomic E-state index is 6.07. The summed E-state index contributed by atoms with van der Waals surface area (Å²) in [7, 11) is 0. The molecule has 1 atom stereocenters. The van der Waals surface area contributed by atoms with Gasteiger partial charge >= 0.3 is 0 Å². The van der Waals surface area contributed by atoms with Crippen LogP contribution >= 0.6 is 11.3 Å². The average molecular weight is 276 g/mol. The minimum Gasteiger partial charge on any atom is -0.329 e. The maximum Gasteiger partial charge on any atom is 0.0484 e. The van der Waals surface area contributed by atoms with Gasteiger partial charge in [0.15, 0.2) is 0 Å². The van der Waals surface area contributed by atoms with E-state index >= 15 is 0 Å². The van der Waals surface area contributed by atoms with E-state index in [0.717, 1.165) is 13.1 Å². The van der Waals surface area contributed by atoms with Crippen LogP contribution in [0.3, 0.4) is 0 Å². The number of nitrogens with zero attached hydrogens (tertiary/aromatic N) is 1. The molecule has 0 saturated heterocycles. The molecule has 19 heavy (non-hydrogen) atoms. The zero-order valence-corrected chi connectivity index (χ0v) is 12.9. The Hall–Kier alpha value is -0.900. The number of hydrogen-bond acceptors (Lipinski definition) is 3. The topological polar surface area (TPSA) is 29.3 Å². The van der Waals surface area contributed by atoms with Crippen molar-refractivity contribution >= 4 is 21.4 Å². The molecule has 0 bridgehead atoms. The third-order valence-corrected chi connectivity index (χ3v) is 4.52. The molecule has 104 valence electrons. The van der Waals surface area contributed by atoms with Crippen LogP contribution in [0.5, 0.6) is 0 Å².